The molecule has 0 bridgehead atoms. The fraction of sp³-hybridized carbons (Fsp3) is 0.522. The molecule has 1 aliphatic carbocycles. The van der Waals surface area contributed by atoms with Crippen LogP contribution >= 0.6 is 0 Å². The van der Waals surface area contributed by atoms with Crippen LogP contribution in [0.4, 0.5) is 0 Å². The topological polar surface area (TPSA) is 37.3 Å². The summed E-state index contributed by atoms with van der Waals surface area (Å²) >= 11 is 0. The lowest BCUT2D eigenvalue weighted by Gasteiger charge is -2.29. The molecule has 0 amide bonds. The van der Waals surface area contributed by atoms with Gasteiger partial charge in [-0.1, -0.05) is 75.1 Å². The van der Waals surface area contributed by atoms with Gasteiger partial charge in [-0.15, -0.1) is 0 Å². The monoisotopic (exact) mass is 340 g/mol. The molecule has 0 radical (unpaired) electrons. The van der Waals surface area contributed by atoms with Gasteiger partial charge in [0, 0.05) is 6.08 Å². The molecular weight excluding hydrogens is 308 g/mol. The minimum absolute atomic E-state index is 0.741. The highest BCUT2D eigenvalue weighted by Crippen LogP contribution is 2.37. The molecule has 0 heterocycles. The second-order valence-corrected chi connectivity index (χ2v) is 7.28. The number of aliphatic carboxylic acids is 1. The molecule has 2 rings (SSSR count). The first-order valence-corrected chi connectivity index (χ1v) is 9.84. The number of unbranched alkanes of at least 4 members (excludes halogenated alkanes) is 2. The first kappa shape index (κ1) is 19.5. The van der Waals surface area contributed by atoms with Crippen LogP contribution in [0.3, 0.4) is 0 Å². The minimum Gasteiger partial charge on any atom is -0.478 e. The Bertz CT molecular complexity index is 560. The predicted octanol–water partition coefficient (Wildman–Crippen LogP) is 6.28. The van der Waals surface area contributed by atoms with Crippen molar-refractivity contribution in [3.05, 3.63) is 59.7 Å². The van der Waals surface area contributed by atoms with Crippen LogP contribution in [0.25, 0.3) is 0 Å². The average Bonchev–Trinajstić information content (AvgIpc) is 2.63. The number of hydrogen-bond donors (Lipinski definition) is 1. The van der Waals surface area contributed by atoms with E-state index in [1.165, 1.54) is 62.5 Å². The molecule has 1 aromatic rings. The highest BCUT2D eigenvalue weighted by Gasteiger charge is 2.21. The van der Waals surface area contributed by atoms with Crippen LogP contribution in [-0.2, 0) is 11.2 Å². The normalized spacial score (nSPS) is 21.2. The average molecular weight is 341 g/mol. The van der Waals surface area contributed by atoms with E-state index in [4.69, 9.17) is 5.11 Å². The molecule has 1 N–H and O–H groups in total. The van der Waals surface area contributed by atoms with E-state index < -0.39 is 5.97 Å². The van der Waals surface area contributed by atoms with Crippen LogP contribution < -0.4 is 0 Å². The zero-order chi connectivity index (χ0) is 17.9. The Kier molecular flexibility index (Phi) is 8.51. The summed E-state index contributed by atoms with van der Waals surface area (Å²) in [7, 11) is 0. The Morgan fingerprint density at radius 3 is 2.44 bits per heavy atom. The van der Waals surface area contributed by atoms with Crippen molar-refractivity contribution < 1.29 is 9.90 Å². The Hall–Kier alpha value is -1.83. The lowest BCUT2D eigenvalue weighted by Crippen LogP contribution is -2.13. The van der Waals surface area contributed by atoms with Gasteiger partial charge in [0.1, 0.15) is 0 Å². The van der Waals surface area contributed by atoms with E-state index >= 15 is 0 Å². The van der Waals surface area contributed by atoms with E-state index in [1.807, 2.05) is 6.08 Å². The maximum atomic E-state index is 10.4. The van der Waals surface area contributed by atoms with Crippen molar-refractivity contribution >= 4 is 5.97 Å². The van der Waals surface area contributed by atoms with Gasteiger partial charge in [-0.2, -0.15) is 0 Å². The molecule has 0 aliphatic heterocycles. The maximum absolute atomic E-state index is 10.4. The number of carbonyl (C=O) groups is 1. The number of benzene rings is 1. The van der Waals surface area contributed by atoms with Crippen LogP contribution in [0.15, 0.2) is 48.6 Å². The van der Waals surface area contributed by atoms with Gasteiger partial charge >= 0.3 is 5.97 Å². The summed E-state index contributed by atoms with van der Waals surface area (Å²) < 4.78 is 0. The molecule has 1 aromatic carbocycles. The summed E-state index contributed by atoms with van der Waals surface area (Å²) in [6.07, 6.45) is 18.4. The third-order valence-electron chi connectivity index (χ3n) is 5.35. The summed E-state index contributed by atoms with van der Waals surface area (Å²) in [5, 5.41) is 8.53. The van der Waals surface area contributed by atoms with Crippen molar-refractivity contribution in [3.63, 3.8) is 0 Å². The SMILES string of the molecule is CCCCCC1CCC(c2ccc(C/C=C/C=C/C(=O)O)cc2)CC1. The quantitative estimate of drug-likeness (QED) is 0.326. The number of carboxylic acids is 1. The van der Waals surface area contributed by atoms with E-state index in [2.05, 4.69) is 31.2 Å². The van der Waals surface area contributed by atoms with Gasteiger partial charge in [0.2, 0.25) is 0 Å². The first-order chi connectivity index (χ1) is 12.2. The van der Waals surface area contributed by atoms with Crippen LogP contribution in [0, 0.1) is 5.92 Å². The van der Waals surface area contributed by atoms with Crippen molar-refractivity contribution in [1.29, 1.82) is 0 Å². The lowest BCUT2D eigenvalue weighted by molar-refractivity contribution is -0.131. The smallest absolute Gasteiger partial charge is 0.328 e. The van der Waals surface area contributed by atoms with E-state index in [9.17, 15) is 4.79 Å². The van der Waals surface area contributed by atoms with Crippen LogP contribution in [0.5, 0.6) is 0 Å². The third-order valence-corrected chi connectivity index (χ3v) is 5.35. The van der Waals surface area contributed by atoms with Crippen LogP contribution in [-0.4, -0.2) is 11.1 Å². The lowest BCUT2D eigenvalue weighted by atomic mass is 9.77. The fourth-order valence-corrected chi connectivity index (χ4v) is 3.81. The molecule has 0 atom stereocenters. The number of allylic oxidation sites excluding steroid dienone is 3. The van der Waals surface area contributed by atoms with Crippen molar-refractivity contribution in [3.8, 4) is 0 Å². The molecule has 0 unspecified atom stereocenters. The largest absolute Gasteiger partial charge is 0.478 e. The Morgan fingerprint density at radius 1 is 1.08 bits per heavy atom. The highest BCUT2D eigenvalue weighted by molar-refractivity contribution is 5.80. The maximum Gasteiger partial charge on any atom is 0.328 e. The summed E-state index contributed by atoms with van der Waals surface area (Å²) in [6.45, 7) is 2.28. The molecule has 0 aromatic heterocycles. The van der Waals surface area contributed by atoms with Gasteiger partial charge in [-0.05, 0) is 55.1 Å². The van der Waals surface area contributed by atoms with Crippen molar-refractivity contribution in [2.24, 2.45) is 5.92 Å². The molecule has 1 saturated carbocycles. The second-order valence-electron chi connectivity index (χ2n) is 7.28. The van der Waals surface area contributed by atoms with E-state index in [-0.39, 0.29) is 0 Å². The van der Waals surface area contributed by atoms with Gasteiger partial charge in [-0.25, -0.2) is 4.79 Å². The Labute approximate surface area is 152 Å². The van der Waals surface area contributed by atoms with Crippen LogP contribution in [0.2, 0.25) is 0 Å². The summed E-state index contributed by atoms with van der Waals surface area (Å²) in [5.41, 5.74) is 2.77. The van der Waals surface area contributed by atoms with Crippen molar-refractivity contribution in [1.82, 2.24) is 0 Å². The van der Waals surface area contributed by atoms with Crippen molar-refractivity contribution in [2.45, 2.75) is 70.6 Å². The molecule has 2 heteroatoms. The van der Waals surface area contributed by atoms with Gasteiger partial charge < -0.3 is 5.11 Å². The van der Waals surface area contributed by atoms with E-state index in [0.717, 1.165) is 24.3 Å². The molecule has 1 aliphatic rings. The van der Waals surface area contributed by atoms with E-state index in [0.29, 0.717) is 0 Å². The molecule has 0 saturated heterocycles. The molecule has 25 heavy (non-hydrogen) atoms. The predicted molar refractivity (Wildman–Crippen MR) is 105 cm³/mol. The summed E-state index contributed by atoms with van der Waals surface area (Å²) in [4.78, 5) is 10.4. The molecule has 136 valence electrons. The van der Waals surface area contributed by atoms with Crippen LogP contribution in [0.1, 0.15) is 75.3 Å². The standard InChI is InChI=1S/C23H32O2/c1-2-3-5-8-19-11-15-21(16-12-19)22-17-13-20(14-18-22)9-6-4-7-10-23(24)25/h4,6-7,10,13-14,17-19,21H,2-3,5,8-9,11-12,15-16H2,1H3,(H,24,25)/b6-4+,10-7+. The van der Waals surface area contributed by atoms with Gasteiger partial charge in [0.25, 0.3) is 0 Å². The zero-order valence-corrected chi connectivity index (χ0v) is 15.5. The van der Waals surface area contributed by atoms with Gasteiger partial charge in [0.15, 0.2) is 0 Å². The first-order valence-electron chi connectivity index (χ1n) is 9.84. The number of rotatable bonds is 9. The molecular formula is C23H32O2. The second kappa shape index (κ2) is 10.9. The molecule has 0 spiro atoms. The molecule has 2 nitrogen and oxygen atoms in total. The Balaban J connectivity index is 1.76. The Morgan fingerprint density at radius 2 is 1.80 bits per heavy atom. The minimum atomic E-state index is -0.908. The van der Waals surface area contributed by atoms with Gasteiger partial charge in [0.05, 0.1) is 0 Å². The highest BCUT2D eigenvalue weighted by atomic mass is 16.4. The zero-order valence-electron chi connectivity index (χ0n) is 15.5. The van der Waals surface area contributed by atoms with Crippen molar-refractivity contribution in [2.75, 3.05) is 0 Å². The number of hydrogen-bond acceptors (Lipinski definition) is 1. The fourth-order valence-electron chi connectivity index (χ4n) is 3.81. The van der Waals surface area contributed by atoms with Gasteiger partial charge in [-0.3, -0.25) is 0 Å². The molecule has 1 fully saturated rings. The number of carboxylic acid groups (broad SMARTS) is 1. The summed E-state index contributed by atoms with van der Waals surface area (Å²) in [5.74, 6) is 0.797. The van der Waals surface area contributed by atoms with E-state index in [1.54, 1.807) is 12.2 Å². The summed E-state index contributed by atoms with van der Waals surface area (Å²) in [6, 6.07) is 9.01. The third kappa shape index (κ3) is 7.29.